The number of para-hydroxylation sites is 1. The number of sulfonamides is 1. The van der Waals surface area contributed by atoms with Gasteiger partial charge in [-0.1, -0.05) is 12.1 Å². The molecule has 27 heavy (non-hydrogen) atoms. The first-order valence-corrected chi connectivity index (χ1v) is 11.5. The van der Waals surface area contributed by atoms with Crippen molar-refractivity contribution in [1.82, 2.24) is 14.3 Å². The van der Waals surface area contributed by atoms with Crippen molar-refractivity contribution in [2.45, 2.75) is 4.21 Å². The molecule has 0 aliphatic carbocycles. The third kappa shape index (κ3) is 3.54. The summed E-state index contributed by atoms with van der Waals surface area (Å²) in [5.74, 6) is 1.39. The summed E-state index contributed by atoms with van der Waals surface area (Å²) < 4.78 is 28.3. The van der Waals surface area contributed by atoms with Crippen LogP contribution in [0.2, 0.25) is 0 Å². The second-order valence-electron chi connectivity index (χ2n) is 6.09. The monoisotopic (exact) mass is 467 g/mol. The number of benzene rings is 1. The van der Waals surface area contributed by atoms with E-state index in [-0.39, 0.29) is 0 Å². The molecule has 142 valence electrons. The highest BCUT2D eigenvalue weighted by Crippen LogP contribution is 2.29. The van der Waals surface area contributed by atoms with Gasteiger partial charge in [-0.2, -0.15) is 9.29 Å². The molecule has 0 unspecified atom stereocenters. The fourth-order valence-corrected chi connectivity index (χ4v) is 6.67. The Balaban J connectivity index is 1.55. The molecular weight excluding hydrogens is 450 g/mol. The fourth-order valence-electron chi connectivity index (χ4n) is 3.09. The molecule has 1 aliphatic rings. The first-order valence-electron chi connectivity index (χ1n) is 8.44. The summed E-state index contributed by atoms with van der Waals surface area (Å²) in [6.45, 7) is 1.91. The van der Waals surface area contributed by atoms with Gasteiger partial charge in [0.25, 0.3) is 10.0 Å². The van der Waals surface area contributed by atoms with Gasteiger partial charge in [-0.15, -0.1) is 11.3 Å². The van der Waals surface area contributed by atoms with Crippen LogP contribution in [0, 0.1) is 0 Å². The minimum Gasteiger partial charge on any atom is -0.372 e. The van der Waals surface area contributed by atoms with E-state index in [0.29, 0.717) is 36.3 Å². The second-order valence-corrected chi connectivity index (χ2v) is 10.7. The number of nitrogens with one attached hydrogen (secondary N) is 1. The van der Waals surface area contributed by atoms with Crippen molar-refractivity contribution in [1.29, 1.82) is 0 Å². The molecule has 1 aromatic carbocycles. The highest BCUT2D eigenvalue weighted by molar-refractivity contribution is 9.11. The van der Waals surface area contributed by atoms with E-state index >= 15 is 0 Å². The highest BCUT2D eigenvalue weighted by atomic mass is 79.9. The standard InChI is InChI=1S/C17H18BrN5O2S2/c1-19-16-12-4-2-3-5-13(12)20-17(21-16)22-8-10-23(11-9-22)27(24,25)15-7-6-14(18)26-15/h2-7H,8-11H2,1H3,(H,19,20,21). The van der Waals surface area contributed by atoms with Gasteiger partial charge in [-0.3, -0.25) is 0 Å². The molecule has 1 aliphatic heterocycles. The molecule has 1 N–H and O–H groups in total. The lowest BCUT2D eigenvalue weighted by molar-refractivity contribution is 0.383. The van der Waals surface area contributed by atoms with Crippen molar-refractivity contribution < 1.29 is 8.42 Å². The number of rotatable bonds is 4. The summed E-state index contributed by atoms with van der Waals surface area (Å²) in [6, 6.07) is 11.2. The number of halogens is 1. The van der Waals surface area contributed by atoms with Crippen molar-refractivity contribution in [3.63, 3.8) is 0 Å². The minimum atomic E-state index is -3.45. The number of aromatic nitrogens is 2. The lowest BCUT2D eigenvalue weighted by Crippen LogP contribution is -2.49. The van der Waals surface area contributed by atoms with Gasteiger partial charge >= 0.3 is 0 Å². The van der Waals surface area contributed by atoms with Crippen molar-refractivity contribution in [3.05, 3.63) is 40.2 Å². The summed E-state index contributed by atoms with van der Waals surface area (Å²) >= 11 is 4.56. The van der Waals surface area contributed by atoms with Crippen LogP contribution >= 0.6 is 27.3 Å². The number of nitrogens with zero attached hydrogens (tertiary/aromatic N) is 4. The molecule has 7 nitrogen and oxygen atoms in total. The van der Waals surface area contributed by atoms with E-state index in [1.807, 2.05) is 36.2 Å². The van der Waals surface area contributed by atoms with Crippen molar-refractivity contribution in [2.75, 3.05) is 43.4 Å². The molecular formula is C17H18BrN5O2S2. The summed E-state index contributed by atoms with van der Waals surface area (Å²) in [7, 11) is -1.62. The van der Waals surface area contributed by atoms with Crippen molar-refractivity contribution in [2.24, 2.45) is 0 Å². The van der Waals surface area contributed by atoms with Crippen LogP contribution in [0.25, 0.3) is 10.9 Å². The topological polar surface area (TPSA) is 78.4 Å². The predicted octanol–water partition coefficient (Wildman–Crippen LogP) is 3.01. The smallest absolute Gasteiger partial charge is 0.252 e. The molecule has 10 heteroatoms. The number of hydrogen-bond acceptors (Lipinski definition) is 7. The van der Waals surface area contributed by atoms with Crippen molar-refractivity contribution >= 4 is 60.0 Å². The normalized spacial score (nSPS) is 16.0. The van der Waals surface area contributed by atoms with Crippen LogP contribution in [-0.4, -0.2) is 55.9 Å². The summed E-state index contributed by atoms with van der Waals surface area (Å²) in [5, 5.41) is 4.09. The van der Waals surface area contributed by atoms with Crippen LogP contribution < -0.4 is 10.2 Å². The third-order valence-electron chi connectivity index (χ3n) is 4.49. The molecule has 0 bridgehead atoms. The summed E-state index contributed by atoms with van der Waals surface area (Å²) in [4.78, 5) is 11.3. The largest absolute Gasteiger partial charge is 0.372 e. The van der Waals surface area contributed by atoms with Gasteiger partial charge in [0.1, 0.15) is 10.0 Å². The Hall–Kier alpha value is -1.75. The van der Waals surface area contributed by atoms with Crippen molar-refractivity contribution in [3.8, 4) is 0 Å². The number of hydrogen-bond donors (Lipinski definition) is 1. The van der Waals surface area contributed by atoms with E-state index in [4.69, 9.17) is 0 Å². The lowest BCUT2D eigenvalue weighted by atomic mass is 10.2. The molecule has 2 aromatic heterocycles. The minimum absolute atomic E-state index is 0.363. The Labute approximate surface area is 170 Å². The Morgan fingerprint density at radius 2 is 1.81 bits per heavy atom. The van der Waals surface area contributed by atoms with E-state index in [9.17, 15) is 8.42 Å². The maximum atomic E-state index is 12.8. The van der Waals surface area contributed by atoms with E-state index < -0.39 is 10.0 Å². The van der Waals surface area contributed by atoms with E-state index in [2.05, 4.69) is 31.2 Å². The highest BCUT2D eigenvalue weighted by Gasteiger charge is 2.30. The molecule has 0 saturated carbocycles. The molecule has 4 rings (SSSR count). The Morgan fingerprint density at radius 1 is 1.07 bits per heavy atom. The molecule has 3 aromatic rings. The van der Waals surface area contributed by atoms with Crippen LogP contribution in [0.15, 0.2) is 44.4 Å². The Kier molecular flexibility index (Phi) is 5.06. The first kappa shape index (κ1) is 18.6. The predicted molar refractivity (Wildman–Crippen MR) is 112 cm³/mol. The molecule has 0 atom stereocenters. The zero-order chi connectivity index (χ0) is 19.0. The van der Waals surface area contributed by atoms with E-state index in [1.165, 1.54) is 15.6 Å². The summed E-state index contributed by atoms with van der Waals surface area (Å²) in [6.07, 6.45) is 0. The first-order chi connectivity index (χ1) is 13.0. The Morgan fingerprint density at radius 3 is 2.48 bits per heavy atom. The van der Waals surface area contributed by atoms with Gasteiger partial charge in [-0.25, -0.2) is 13.4 Å². The SMILES string of the molecule is CNc1nc(N2CCN(S(=O)(=O)c3ccc(Br)s3)CC2)nc2ccccc12. The zero-order valence-electron chi connectivity index (χ0n) is 14.6. The van der Waals surface area contributed by atoms with Crippen LogP contribution in [-0.2, 0) is 10.0 Å². The molecule has 0 spiro atoms. The van der Waals surface area contributed by atoms with Gasteiger partial charge in [-0.05, 0) is 40.2 Å². The zero-order valence-corrected chi connectivity index (χ0v) is 17.8. The van der Waals surface area contributed by atoms with Gasteiger partial charge in [0.05, 0.1) is 9.30 Å². The Bertz CT molecular complexity index is 1080. The van der Waals surface area contributed by atoms with E-state index in [0.717, 1.165) is 20.5 Å². The van der Waals surface area contributed by atoms with E-state index in [1.54, 1.807) is 12.1 Å². The van der Waals surface area contributed by atoms with Crippen LogP contribution in [0.1, 0.15) is 0 Å². The third-order valence-corrected chi connectivity index (χ3v) is 8.48. The summed E-state index contributed by atoms with van der Waals surface area (Å²) in [5.41, 5.74) is 0.866. The number of anilines is 2. The average molecular weight is 468 g/mol. The second kappa shape index (κ2) is 7.34. The van der Waals surface area contributed by atoms with Gasteiger partial charge in [0, 0.05) is 38.6 Å². The maximum absolute atomic E-state index is 12.8. The van der Waals surface area contributed by atoms with Crippen LogP contribution in [0.4, 0.5) is 11.8 Å². The quantitative estimate of drug-likeness (QED) is 0.635. The average Bonchev–Trinajstić information content (AvgIpc) is 3.14. The number of thiophene rings is 1. The van der Waals surface area contributed by atoms with Gasteiger partial charge in [0.2, 0.25) is 5.95 Å². The number of piperazine rings is 1. The molecule has 3 heterocycles. The molecule has 1 fully saturated rings. The fraction of sp³-hybridized carbons (Fsp3) is 0.294. The molecule has 0 radical (unpaired) electrons. The molecule has 0 amide bonds. The number of fused-ring (bicyclic) bond motifs is 1. The van der Waals surface area contributed by atoms with Gasteiger partial charge < -0.3 is 10.2 Å². The maximum Gasteiger partial charge on any atom is 0.252 e. The van der Waals surface area contributed by atoms with Crippen LogP contribution in [0.3, 0.4) is 0 Å². The lowest BCUT2D eigenvalue weighted by Gasteiger charge is -2.33. The molecule has 1 saturated heterocycles. The van der Waals surface area contributed by atoms with Gasteiger partial charge in [0.15, 0.2) is 0 Å². The van der Waals surface area contributed by atoms with Crippen LogP contribution in [0.5, 0.6) is 0 Å².